The monoisotopic (exact) mass is 862 g/mol. The van der Waals surface area contributed by atoms with Crippen molar-refractivity contribution in [2.24, 2.45) is 22.7 Å². The molecule has 2 saturated carbocycles. The fourth-order valence-corrected chi connectivity index (χ4v) is 7.62. The Morgan fingerprint density at radius 3 is 1.00 bits per heavy atom. The van der Waals surface area contributed by atoms with Crippen LogP contribution in [0.1, 0.15) is 23.0 Å². The Labute approximate surface area is 328 Å². The van der Waals surface area contributed by atoms with Gasteiger partial charge in [-0.3, -0.25) is 28.8 Å². The molecule has 4 aromatic carbocycles. The second-order valence-electron chi connectivity index (χ2n) is 12.4. The van der Waals surface area contributed by atoms with Crippen molar-refractivity contribution in [1.82, 2.24) is 0 Å². The minimum atomic E-state index is -1.69. The number of nitrogens with one attached hydrogen (secondary N) is 2. The molecule has 0 spiro atoms. The summed E-state index contributed by atoms with van der Waals surface area (Å²) in [4.78, 5) is 76.3. The van der Waals surface area contributed by atoms with E-state index in [-0.39, 0.29) is 0 Å². The van der Waals surface area contributed by atoms with Crippen LogP contribution >= 0.6 is 31.9 Å². The Hall–Kier alpha value is -5.34. The number of hydrogen-bond acceptors (Lipinski definition) is 10. The molecule has 0 aliphatic heterocycles. The van der Waals surface area contributed by atoms with Crippen molar-refractivity contribution >= 4 is 78.9 Å². The molecule has 6 rings (SSSR count). The average molecular weight is 865 g/mol. The van der Waals surface area contributed by atoms with Gasteiger partial charge in [0, 0.05) is 32.2 Å². The van der Waals surface area contributed by atoms with Crippen molar-refractivity contribution in [1.29, 1.82) is 0 Å². The van der Waals surface area contributed by atoms with E-state index in [4.69, 9.17) is 18.9 Å². The minimum Gasteiger partial charge on any atom is -0.468 e. The van der Waals surface area contributed by atoms with E-state index in [9.17, 15) is 28.8 Å². The second-order valence-corrected chi connectivity index (χ2v) is 14.3. The summed E-state index contributed by atoms with van der Waals surface area (Å²) >= 11 is 6.67. The van der Waals surface area contributed by atoms with Crippen LogP contribution in [-0.2, 0) is 47.7 Å². The van der Waals surface area contributed by atoms with Gasteiger partial charge in [0.25, 0.3) is 0 Å². The first-order valence-corrected chi connectivity index (χ1v) is 18.1. The molecule has 4 aromatic rings. The van der Waals surface area contributed by atoms with E-state index < -0.39 is 70.2 Å². The number of benzene rings is 4. The van der Waals surface area contributed by atoms with E-state index >= 15 is 0 Å². The zero-order valence-electron chi connectivity index (χ0n) is 29.5. The molecule has 14 heteroatoms. The quantitative estimate of drug-likeness (QED) is 0.106. The Morgan fingerprint density at radius 2 is 0.741 bits per heavy atom. The number of esters is 4. The lowest BCUT2D eigenvalue weighted by molar-refractivity contribution is -0.164. The highest BCUT2D eigenvalue weighted by molar-refractivity contribution is 9.10. The minimum absolute atomic E-state index is 0.443. The molecule has 0 heterocycles. The number of anilines is 2. The normalized spacial score (nSPS) is 19.7. The summed E-state index contributed by atoms with van der Waals surface area (Å²) in [6.07, 6.45) is 0. The molecule has 0 radical (unpaired) electrons. The van der Waals surface area contributed by atoms with Crippen LogP contribution in [0.3, 0.4) is 0 Å². The van der Waals surface area contributed by atoms with Gasteiger partial charge in [0.05, 0.1) is 40.3 Å². The zero-order chi connectivity index (χ0) is 39.2. The SMILES string of the molecule is COC(=O)C1(C(=O)OC)[C@H](C(=O)Nc2ccc(Br)cc2)[C@H]1c1ccccc1.COC(=O)C1(C(=O)OC)[C@H](C(=O)Nc2ccc(Br)cc2)[C@H]1c1ccccc1. The van der Waals surface area contributed by atoms with Crippen LogP contribution in [0.2, 0.25) is 0 Å². The molecule has 0 unspecified atom stereocenters. The zero-order valence-corrected chi connectivity index (χ0v) is 32.7. The summed E-state index contributed by atoms with van der Waals surface area (Å²) in [5.74, 6) is -7.17. The third-order valence-electron chi connectivity index (χ3n) is 9.61. The standard InChI is InChI=1S/2C20H18BrNO5/c2*1-26-18(24)20(19(25)27-2)15(12-6-4-3-5-7-12)16(20)17(23)22-14-10-8-13(21)9-11-14/h2*3-11,15-16H,1-2H3,(H,22,23)/t2*15-,16+/m11/s1. The third-order valence-corrected chi connectivity index (χ3v) is 10.7. The van der Waals surface area contributed by atoms with E-state index in [0.29, 0.717) is 22.5 Å². The lowest BCUT2D eigenvalue weighted by Crippen LogP contribution is -2.34. The molecule has 0 bridgehead atoms. The number of rotatable bonds is 10. The smallest absolute Gasteiger partial charge is 0.324 e. The summed E-state index contributed by atoms with van der Waals surface area (Å²) in [5, 5.41) is 5.54. The van der Waals surface area contributed by atoms with Gasteiger partial charge in [-0.25, -0.2) is 0 Å². The van der Waals surface area contributed by atoms with E-state index in [2.05, 4.69) is 42.5 Å². The molecule has 0 aromatic heterocycles. The molecule has 2 amide bonds. The molecule has 2 aliphatic carbocycles. The van der Waals surface area contributed by atoms with Gasteiger partial charge in [0.1, 0.15) is 0 Å². The summed E-state index contributed by atoms with van der Waals surface area (Å²) < 4.78 is 21.2. The third kappa shape index (κ3) is 7.40. The van der Waals surface area contributed by atoms with Crippen molar-refractivity contribution in [3.8, 4) is 0 Å². The fraction of sp³-hybridized carbons (Fsp3) is 0.250. The summed E-state index contributed by atoms with van der Waals surface area (Å²) in [6.45, 7) is 0. The number of carbonyl (C=O) groups excluding carboxylic acids is 6. The van der Waals surface area contributed by atoms with Crippen LogP contribution in [0.4, 0.5) is 11.4 Å². The number of halogens is 2. The molecule has 2 N–H and O–H groups in total. The second kappa shape index (κ2) is 16.8. The lowest BCUT2D eigenvalue weighted by Gasteiger charge is -2.13. The van der Waals surface area contributed by atoms with Crippen LogP contribution in [-0.4, -0.2) is 64.1 Å². The molecule has 12 nitrogen and oxygen atoms in total. The highest BCUT2D eigenvalue weighted by Gasteiger charge is 2.80. The molecular formula is C40H36Br2N2O10. The van der Waals surface area contributed by atoms with Crippen LogP contribution < -0.4 is 10.6 Å². The van der Waals surface area contributed by atoms with E-state index in [1.165, 1.54) is 28.4 Å². The number of ether oxygens (including phenoxy) is 4. The molecule has 280 valence electrons. The van der Waals surface area contributed by atoms with Gasteiger partial charge < -0.3 is 29.6 Å². The van der Waals surface area contributed by atoms with Crippen LogP contribution in [0.5, 0.6) is 0 Å². The molecule has 2 fully saturated rings. The molecule has 54 heavy (non-hydrogen) atoms. The first-order valence-electron chi connectivity index (χ1n) is 16.5. The van der Waals surface area contributed by atoms with Crippen molar-refractivity contribution < 1.29 is 47.7 Å². The Balaban J connectivity index is 0.000000208. The summed E-state index contributed by atoms with van der Waals surface area (Å²) in [7, 11) is 4.77. The van der Waals surface area contributed by atoms with Gasteiger partial charge >= 0.3 is 23.9 Å². The Morgan fingerprint density at radius 1 is 0.463 bits per heavy atom. The topological polar surface area (TPSA) is 163 Å². The molecular weight excluding hydrogens is 828 g/mol. The number of amides is 2. The van der Waals surface area contributed by atoms with E-state index in [1.807, 2.05) is 12.1 Å². The Bertz CT molecular complexity index is 1850. The van der Waals surface area contributed by atoms with Crippen molar-refractivity contribution in [3.63, 3.8) is 0 Å². The largest absolute Gasteiger partial charge is 0.468 e. The van der Waals surface area contributed by atoms with Crippen LogP contribution in [0.25, 0.3) is 0 Å². The fourth-order valence-electron chi connectivity index (χ4n) is 7.09. The maximum absolute atomic E-state index is 13.0. The average Bonchev–Trinajstić information content (AvgIpc) is 4.10. The van der Waals surface area contributed by atoms with E-state index in [1.54, 1.807) is 97.1 Å². The van der Waals surface area contributed by atoms with Gasteiger partial charge in [0.2, 0.25) is 11.8 Å². The van der Waals surface area contributed by atoms with Gasteiger partial charge in [0.15, 0.2) is 10.8 Å². The maximum atomic E-state index is 13.0. The first-order chi connectivity index (χ1) is 25.9. The van der Waals surface area contributed by atoms with Crippen LogP contribution in [0.15, 0.2) is 118 Å². The lowest BCUT2D eigenvalue weighted by atomic mass is 9.98. The van der Waals surface area contributed by atoms with Gasteiger partial charge in [-0.1, -0.05) is 92.5 Å². The van der Waals surface area contributed by atoms with Crippen molar-refractivity contribution in [3.05, 3.63) is 129 Å². The summed E-state index contributed by atoms with van der Waals surface area (Å²) in [6, 6.07) is 31.9. The maximum Gasteiger partial charge on any atom is 0.324 e. The molecule has 2 aliphatic rings. The number of carbonyl (C=O) groups is 6. The van der Waals surface area contributed by atoms with Gasteiger partial charge in [-0.05, 0) is 59.7 Å². The number of methoxy groups -OCH3 is 4. The molecule has 4 atom stereocenters. The summed E-state index contributed by atoms with van der Waals surface area (Å²) in [5.41, 5.74) is -0.862. The predicted octanol–water partition coefficient (Wildman–Crippen LogP) is 6.27. The van der Waals surface area contributed by atoms with Gasteiger partial charge in [-0.2, -0.15) is 0 Å². The number of hydrogen-bond donors (Lipinski definition) is 2. The Kier molecular flexibility index (Phi) is 12.4. The van der Waals surface area contributed by atoms with Crippen molar-refractivity contribution in [2.75, 3.05) is 39.1 Å². The van der Waals surface area contributed by atoms with E-state index in [0.717, 1.165) is 8.95 Å². The van der Waals surface area contributed by atoms with Crippen LogP contribution in [0, 0.1) is 22.7 Å². The predicted molar refractivity (Wildman–Crippen MR) is 204 cm³/mol. The van der Waals surface area contributed by atoms with Gasteiger partial charge in [-0.15, -0.1) is 0 Å². The molecule has 0 saturated heterocycles. The highest BCUT2D eigenvalue weighted by Crippen LogP contribution is 2.67. The highest BCUT2D eigenvalue weighted by atomic mass is 79.9. The first kappa shape index (κ1) is 39.9. The van der Waals surface area contributed by atoms with Crippen molar-refractivity contribution in [2.45, 2.75) is 11.8 Å².